The number of aromatic nitrogens is 1. The van der Waals surface area contributed by atoms with Crippen LogP contribution in [0.3, 0.4) is 0 Å². The lowest BCUT2D eigenvalue weighted by Gasteiger charge is -2.22. The fourth-order valence-corrected chi connectivity index (χ4v) is 2.74. The first-order valence-electron chi connectivity index (χ1n) is 6.85. The van der Waals surface area contributed by atoms with E-state index >= 15 is 0 Å². The highest BCUT2D eigenvalue weighted by Gasteiger charge is 2.14. The van der Waals surface area contributed by atoms with E-state index in [0.717, 1.165) is 12.1 Å². The first-order chi connectivity index (χ1) is 8.74. The lowest BCUT2D eigenvalue weighted by molar-refractivity contribution is 0.456. The van der Waals surface area contributed by atoms with Gasteiger partial charge in [-0.1, -0.05) is 24.4 Å². The van der Waals surface area contributed by atoms with Gasteiger partial charge < -0.3 is 10.6 Å². The summed E-state index contributed by atoms with van der Waals surface area (Å²) >= 11 is 5.88. The standard InChI is InChI=1S/C14H22ClN3/c1-11(9-12-5-3-2-4-7-16-12)18-13-6-8-17-14(15)10-13/h6,8,10-12,16H,2-5,7,9H2,1H3,(H,17,18). The Morgan fingerprint density at radius 3 is 3.22 bits per heavy atom. The second-order valence-corrected chi connectivity index (χ2v) is 5.54. The van der Waals surface area contributed by atoms with Gasteiger partial charge in [-0.2, -0.15) is 0 Å². The van der Waals surface area contributed by atoms with Gasteiger partial charge in [0.2, 0.25) is 0 Å². The molecule has 2 heterocycles. The van der Waals surface area contributed by atoms with Crippen LogP contribution in [0.5, 0.6) is 0 Å². The van der Waals surface area contributed by atoms with E-state index in [1.807, 2.05) is 12.1 Å². The minimum Gasteiger partial charge on any atom is -0.382 e. The summed E-state index contributed by atoms with van der Waals surface area (Å²) in [5.74, 6) is 0. The van der Waals surface area contributed by atoms with Gasteiger partial charge in [0.25, 0.3) is 0 Å². The highest BCUT2D eigenvalue weighted by atomic mass is 35.5. The first-order valence-corrected chi connectivity index (χ1v) is 7.23. The van der Waals surface area contributed by atoms with Crippen LogP contribution in [0.4, 0.5) is 5.69 Å². The fraction of sp³-hybridized carbons (Fsp3) is 0.643. The van der Waals surface area contributed by atoms with Gasteiger partial charge in [-0.05, 0) is 44.9 Å². The molecular weight excluding hydrogens is 246 g/mol. The van der Waals surface area contributed by atoms with Gasteiger partial charge in [0.15, 0.2) is 0 Å². The lowest BCUT2D eigenvalue weighted by Crippen LogP contribution is -2.33. The van der Waals surface area contributed by atoms with Gasteiger partial charge in [-0.25, -0.2) is 4.98 Å². The molecule has 18 heavy (non-hydrogen) atoms. The zero-order chi connectivity index (χ0) is 12.8. The summed E-state index contributed by atoms with van der Waals surface area (Å²) in [6.45, 7) is 3.39. The van der Waals surface area contributed by atoms with Crippen molar-refractivity contribution >= 4 is 17.3 Å². The monoisotopic (exact) mass is 267 g/mol. The van der Waals surface area contributed by atoms with E-state index in [4.69, 9.17) is 11.6 Å². The van der Waals surface area contributed by atoms with Gasteiger partial charge in [-0.3, -0.25) is 0 Å². The molecule has 4 heteroatoms. The van der Waals surface area contributed by atoms with Crippen molar-refractivity contribution in [1.29, 1.82) is 0 Å². The predicted molar refractivity (Wildman–Crippen MR) is 77.2 cm³/mol. The molecule has 2 N–H and O–H groups in total. The minimum atomic E-state index is 0.444. The minimum absolute atomic E-state index is 0.444. The molecule has 0 spiro atoms. The van der Waals surface area contributed by atoms with Crippen molar-refractivity contribution in [3.63, 3.8) is 0 Å². The highest BCUT2D eigenvalue weighted by Crippen LogP contribution is 2.17. The molecule has 0 aromatic carbocycles. The molecule has 1 saturated heterocycles. The van der Waals surface area contributed by atoms with E-state index in [1.165, 1.54) is 32.2 Å². The molecule has 2 rings (SSSR count). The number of rotatable bonds is 4. The molecule has 1 fully saturated rings. The van der Waals surface area contributed by atoms with Crippen molar-refractivity contribution in [2.24, 2.45) is 0 Å². The number of nitrogens with one attached hydrogen (secondary N) is 2. The Morgan fingerprint density at radius 2 is 2.39 bits per heavy atom. The average molecular weight is 268 g/mol. The zero-order valence-electron chi connectivity index (χ0n) is 11.0. The average Bonchev–Trinajstić information content (AvgIpc) is 2.57. The number of hydrogen-bond acceptors (Lipinski definition) is 3. The molecule has 0 aliphatic carbocycles. The van der Waals surface area contributed by atoms with Gasteiger partial charge in [0.05, 0.1) is 0 Å². The Balaban J connectivity index is 1.82. The van der Waals surface area contributed by atoms with Crippen LogP contribution >= 0.6 is 11.6 Å². The molecule has 0 saturated carbocycles. The fourth-order valence-electron chi connectivity index (χ4n) is 2.56. The Morgan fingerprint density at radius 1 is 1.50 bits per heavy atom. The van der Waals surface area contributed by atoms with Crippen molar-refractivity contribution in [2.75, 3.05) is 11.9 Å². The SMILES string of the molecule is CC(CC1CCCCCN1)Nc1ccnc(Cl)c1. The van der Waals surface area contributed by atoms with Crippen LogP contribution in [0.1, 0.15) is 39.0 Å². The quantitative estimate of drug-likeness (QED) is 0.821. The molecule has 2 unspecified atom stereocenters. The maximum atomic E-state index is 5.88. The van der Waals surface area contributed by atoms with Crippen molar-refractivity contribution in [3.05, 3.63) is 23.5 Å². The van der Waals surface area contributed by atoms with E-state index in [9.17, 15) is 0 Å². The topological polar surface area (TPSA) is 37.0 Å². The van der Waals surface area contributed by atoms with E-state index in [1.54, 1.807) is 6.20 Å². The Hall–Kier alpha value is -0.800. The number of hydrogen-bond donors (Lipinski definition) is 2. The summed E-state index contributed by atoms with van der Waals surface area (Å²) in [6.07, 6.45) is 8.22. The number of nitrogens with zero attached hydrogens (tertiary/aromatic N) is 1. The summed E-state index contributed by atoms with van der Waals surface area (Å²) in [4.78, 5) is 3.99. The van der Waals surface area contributed by atoms with Gasteiger partial charge in [0.1, 0.15) is 5.15 Å². The molecule has 1 aromatic heterocycles. The van der Waals surface area contributed by atoms with Gasteiger partial charge in [-0.15, -0.1) is 0 Å². The molecule has 1 aliphatic heterocycles. The lowest BCUT2D eigenvalue weighted by atomic mass is 10.0. The molecule has 2 atom stereocenters. The summed E-state index contributed by atoms with van der Waals surface area (Å²) < 4.78 is 0. The molecule has 0 radical (unpaired) electrons. The van der Waals surface area contributed by atoms with Crippen LogP contribution < -0.4 is 10.6 Å². The normalized spacial score (nSPS) is 22.2. The van der Waals surface area contributed by atoms with E-state index in [0.29, 0.717) is 17.2 Å². The maximum Gasteiger partial charge on any atom is 0.131 e. The second-order valence-electron chi connectivity index (χ2n) is 5.15. The molecule has 1 aliphatic rings. The maximum absolute atomic E-state index is 5.88. The first kappa shape index (κ1) is 13.6. The van der Waals surface area contributed by atoms with Crippen LogP contribution in [-0.4, -0.2) is 23.6 Å². The summed E-state index contributed by atoms with van der Waals surface area (Å²) in [5.41, 5.74) is 1.05. The molecule has 3 nitrogen and oxygen atoms in total. The smallest absolute Gasteiger partial charge is 0.131 e. The highest BCUT2D eigenvalue weighted by molar-refractivity contribution is 6.29. The third-order valence-electron chi connectivity index (χ3n) is 3.44. The molecule has 0 amide bonds. The third kappa shape index (κ3) is 4.46. The number of pyridine rings is 1. The van der Waals surface area contributed by atoms with Crippen LogP contribution in [0.25, 0.3) is 0 Å². The largest absolute Gasteiger partial charge is 0.382 e. The molecule has 0 bridgehead atoms. The van der Waals surface area contributed by atoms with Crippen LogP contribution in [-0.2, 0) is 0 Å². The number of anilines is 1. The van der Waals surface area contributed by atoms with Crippen LogP contribution in [0.2, 0.25) is 5.15 Å². The van der Waals surface area contributed by atoms with Crippen molar-refractivity contribution < 1.29 is 0 Å². The Kier molecular flexibility index (Phi) is 5.26. The van der Waals surface area contributed by atoms with E-state index < -0.39 is 0 Å². The van der Waals surface area contributed by atoms with Crippen molar-refractivity contribution in [1.82, 2.24) is 10.3 Å². The van der Waals surface area contributed by atoms with E-state index in [2.05, 4.69) is 22.5 Å². The zero-order valence-corrected chi connectivity index (χ0v) is 11.7. The predicted octanol–water partition coefficient (Wildman–Crippen LogP) is 3.46. The second kappa shape index (κ2) is 6.95. The van der Waals surface area contributed by atoms with Crippen LogP contribution in [0, 0.1) is 0 Å². The van der Waals surface area contributed by atoms with E-state index in [-0.39, 0.29) is 0 Å². The Bertz CT molecular complexity index is 362. The summed E-state index contributed by atoms with van der Waals surface area (Å²) in [6, 6.07) is 4.92. The van der Waals surface area contributed by atoms with Crippen molar-refractivity contribution in [3.8, 4) is 0 Å². The third-order valence-corrected chi connectivity index (χ3v) is 3.65. The number of halogens is 1. The van der Waals surface area contributed by atoms with Crippen LogP contribution in [0.15, 0.2) is 18.3 Å². The molecule has 100 valence electrons. The summed E-state index contributed by atoms with van der Waals surface area (Å²) in [7, 11) is 0. The van der Waals surface area contributed by atoms with Gasteiger partial charge in [0, 0.05) is 24.0 Å². The van der Waals surface area contributed by atoms with Gasteiger partial charge >= 0.3 is 0 Å². The summed E-state index contributed by atoms with van der Waals surface area (Å²) in [5, 5.41) is 7.66. The van der Waals surface area contributed by atoms with Crippen molar-refractivity contribution in [2.45, 2.75) is 51.1 Å². The Labute approximate surface area is 114 Å². The molecule has 1 aromatic rings. The molecular formula is C14H22ClN3.